The molecule has 1 N–H and O–H groups in total. The number of nitrogens with zero attached hydrogens (tertiary/aromatic N) is 1. The number of hydrogen-bond donors (Lipinski definition) is 1. The summed E-state index contributed by atoms with van der Waals surface area (Å²) in [6, 6.07) is 7.37. The zero-order valence-corrected chi connectivity index (χ0v) is 9.24. The highest BCUT2D eigenvalue weighted by molar-refractivity contribution is 7.88. The van der Waals surface area contributed by atoms with Crippen LogP contribution < -0.4 is 0 Å². The van der Waals surface area contributed by atoms with Crippen LogP contribution in [0.25, 0.3) is 0 Å². The molecular weight excluding hydrogens is 214 g/mol. The fourth-order valence-corrected chi connectivity index (χ4v) is 2.59. The number of fused-ring (bicyclic) bond motifs is 1. The van der Waals surface area contributed by atoms with E-state index in [1.165, 1.54) is 4.31 Å². The van der Waals surface area contributed by atoms with Crippen LogP contribution in [-0.2, 0) is 16.6 Å². The Morgan fingerprint density at radius 3 is 2.73 bits per heavy atom. The van der Waals surface area contributed by atoms with Gasteiger partial charge in [0.15, 0.2) is 0 Å². The first-order valence-electron chi connectivity index (χ1n) is 4.69. The molecule has 0 bridgehead atoms. The molecule has 5 heteroatoms. The van der Waals surface area contributed by atoms with Crippen molar-refractivity contribution >= 4 is 10.0 Å². The van der Waals surface area contributed by atoms with Crippen LogP contribution in [0.3, 0.4) is 0 Å². The van der Waals surface area contributed by atoms with Crippen LogP contribution >= 0.6 is 0 Å². The largest absolute Gasteiger partial charge is 0.387 e. The molecule has 0 saturated heterocycles. The molecule has 15 heavy (non-hydrogen) atoms. The summed E-state index contributed by atoms with van der Waals surface area (Å²) in [5, 5.41) is 9.79. The zero-order valence-electron chi connectivity index (χ0n) is 8.42. The third-order valence-corrected chi connectivity index (χ3v) is 3.82. The van der Waals surface area contributed by atoms with Crippen LogP contribution in [0.2, 0.25) is 0 Å². The molecular formula is C10H13NO3S. The van der Waals surface area contributed by atoms with Gasteiger partial charge in [0.1, 0.15) is 0 Å². The molecule has 1 aromatic carbocycles. The fraction of sp³-hybridized carbons (Fsp3) is 0.400. The molecule has 2 rings (SSSR count). The summed E-state index contributed by atoms with van der Waals surface area (Å²) >= 11 is 0. The van der Waals surface area contributed by atoms with E-state index in [-0.39, 0.29) is 6.54 Å². The Labute approximate surface area is 89.2 Å². The number of benzene rings is 1. The first-order chi connectivity index (χ1) is 6.98. The lowest BCUT2D eigenvalue weighted by molar-refractivity contribution is 0.132. The van der Waals surface area contributed by atoms with E-state index in [1.807, 2.05) is 24.3 Å². The Kier molecular flexibility index (Phi) is 2.54. The van der Waals surface area contributed by atoms with Crippen molar-refractivity contribution in [3.05, 3.63) is 35.4 Å². The maximum absolute atomic E-state index is 11.4. The van der Waals surface area contributed by atoms with Gasteiger partial charge in [0.2, 0.25) is 10.0 Å². The highest BCUT2D eigenvalue weighted by Gasteiger charge is 2.28. The second kappa shape index (κ2) is 3.59. The molecule has 0 aliphatic carbocycles. The maximum atomic E-state index is 11.4. The van der Waals surface area contributed by atoms with Gasteiger partial charge in [-0.1, -0.05) is 24.3 Å². The van der Waals surface area contributed by atoms with Crippen LogP contribution in [0.1, 0.15) is 17.2 Å². The lowest BCUT2D eigenvalue weighted by atomic mass is 9.99. The van der Waals surface area contributed by atoms with Gasteiger partial charge in [-0.3, -0.25) is 0 Å². The lowest BCUT2D eigenvalue weighted by Crippen LogP contribution is -2.37. The maximum Gasteiger partial charge on any atom is 0.211 e. The lowest BCUT2D eigenvalue weighted by Gasteiger charge is -2.30. The van der Waals surface area contributed by atoms with Gasteiger partial charge >= 0.3 is 0 Å². The van der Waals surface area contributed by atoms with Crippen molar-refractivity contribution in [1.29, 1.82) is 0 Å². The summed E-state index contributed by atoms with van der Waals surface area (Å²) < 4.78 is 24.0. The summed E-state index contributed by atoms with van der Waals surface area (Å²) in [6.07, 6.45) is 0.442. The van der Waals surface area contributed by atoms with Crippen molar-refractivity contribution in [3.63, 3.8) is 0 Å². The minimum absolute atomic E-state index is 0.149. The van der Waals surface area contributed by atoms with Gasteiger partial charge in [-0.2, -0.15) is 4.31 Å². The molecule has 1 aliphatic rings. The third kappa shape index (κ3) is 2.04. The standard InChI is InChI=1S/C10H13NO3S/c1-15(13,14)11-6-8-4-2-3-5-9(8)10(12)7-11/h2-5,10,12H,6-7H2,1H3. The summed E-state index contributed by atoms with van der Waals surface area (Å²) in [5.74, 6) is 0. The minimum atomic E-state index is -3.23. The van der Waals surface area contributed by atoms with E-state index >= 15 is 0 Å². The molecule has 1 unspecified atom stereocenters. The number of rotatable bonds is 1. The molecule has 1 aliphatic heterocycles. The zero-order chi connectivity index (χ0) is 11.1. The van der Waals surface area contributed by atoms with Crippen LogP contribution in [0, 0.1) is 0 Å². The number of aliphatic hydroxyl groups is 1. The molecule has 1 aromatic rings. The normalized spacial score (nSPS) is 22.4. The Bertz CT molecular complexity index is 469. The van der Waals surface area contributed by atoms with Crippen LogP contribution in [0.15, 0.2) is 24.3 Å². The molecule has 0 saturated carbocycles. The molecule has 1 heterocycles. The minimum Gasteiger partial charge on any atom is -0.387 e. The molecule has 82 valence electrons. The van der Waals surface area contributed by atoms with Crippen LogP contribution in [0.5, 0.6) is 0 Å². The summed E-state index contributed by atoms with van der Waals surface area (Å²) in [5.41, 5.74) is 1.71. The van der Waals surface area contributed by atoms with Gasteiger partial charge in [-0.15, -0.1) is 0 Å². The first-order valence-corrected chi connectivity index (χ1v) is 6.54. The molecule has 0 amide bonds. The first kappa shape index (κ1) is 10.6. The van der Waals surface area contributed by atoms with E-state index in [0.717, 1.165) is 17.4 Å². The number of aliphatic hydroxyl groups excluding tert-OH is 1. The highest BCUT2D eigenvalue weighted by atomic mass is 32.2. The topological polar surface area (TPSA) is 57.6 Å². The quantitative estimate of drug-likeness (QED) is 0.760. The number of hydrogen-bond acceptors (Lipinski definition) is 3. The van der Waals surface area contributed by atoms with Gasteiger partial charge in [0.05, 0.1) is 12.4 Å². The van der Waals surface area contributed by atoms with E-state index in [0.29, 0.717) is 6.54 Å². The Morgan fingerprint density at radius 1 is 1.40 bits per heavy atom. The Morgan fingerprint density at radius 2 is 2.07 bits per heavy atom. The van der Waals surface area contributed by atoms with E-state index in [9.17, 15) is 13.5 Å². The van der Waals surface area contributed by atoms with Gasteiger partial charge in [-0.25, -0.2) is 8.42 Å². The number of β-amino-alcohol motifs (C(OH)–C–C–N with tert-alkyl or cyclic N) is 1. The number of sulfonamides is 1. The molecule has 4 nitrogen and oxygen atoms in total. The van der Waals surface area contributed by atoms with Crippen LogP contribution in [0.4, 0.5) is 0 Å². The van der Waals surface area contributed by atoms with Gasteiger partial charge in [0.25, 0.3) is 0 Å². The fourth-order valence-electron chi connectivity index (χ4n) is 1.80. The van der Waals surface area contributed by atoms with E-state index < -0.39 is 16.1 Å². The van der Waals surface area contributed by atoms with E-state index in [2.05, 4.69) is 0 Å². The van der Waals surface area contributed by atoms with Gasteiger partial charge in [-0.05, 0) is 11.1 Å². The second-order valence-electron chi connectivity index (χ2n) is 3.77. The molecule has 0 spiro atoms. The van der Waals surface area contributed by atoms with Crippen molar-refractivity contribution in [2.75, 3.05) is 12.8 Å². The Balaban J connectivity index is 2.39. The van der Waals surface area contributed by atoms with Crippen molar-refractivity contribution in [1.82, 2.24) is 4.31 Å². The van der Waals surface area contributed by atoms with E-state index in [4.69, 9.17) is 0 Å². The van der Waals surface area contributed by atoms with Crippen molar-refractivity contribution in [2.24, 2.45) is 0 Å². The second-order valence-corrected chi connectivity index (χ2v) is 5.75. The van der Waals surface area contributed by atoms with Gasteiger partial charge in [0, 0.05) is 13.1 Å². The average Bonchev–Trinajstić information content (AvgIpc) is 2.16. The Hall–Kier alpha value is -0.910. The molecule has 1 atom stereocenters. The summed E-state index contributed by atoms with van der Waals surface area (Å²) in [6.45, 7) is 0.502. The third-order valence-electron chi connectivity index (χ3n) is 2.61. The van der Waals surface area contributed by atoms with E-state index in [1.54, 1.807) is 0 Å². The van der Waals surface area contributed by atoms with Crippen molar-refractivity contribution < 1.29 is 13.5 Å². The van der Waals surface area contributed by atoms with Crippen molar-refractivity contribution in [3.8, 4) is 0 Å². The molecule has 0 fully saturated rings. The molecule has 0 aromatic heterocycles. The van der Waals surface area contributed by atoms with Crippen molar-refractivity contribution in [2.45, 2.75) is 12.6 Å². The predicted molar refractivity (Wildman–Crippen MR) is 56.7 cm³/mol. The van der Waals surface area contributed by atoms with Gasteiger partial charge < -0.3 is 5.11 Å². The summed E-state index contributed by atoms with van der Waals surface area (Å²) in [4.78, 5) is 0. The SMILES string of the molecule is CS(=O)(=O)N1Cc2ccccc2C(O)C1. The monoisotopic (exact) mass is 227 g/mol. The molecule has 0 radical (unpaired) electrons. The smallest absolute Gasteiger partial charge is 0.211 e. The average molecular weight is 227 g/mol. The highest BCUT2D eigenvalue weighted by Crippen LogP contribution is 2.27. The predicted octanol–water partition coefficient (Wildman–Crippen LogP) is 0.495. The summed E-state index contributed by atoms with van der Waals surface area (Å²) in [7, 11) is -3.23. The van der Waals surface area contributed by atoms with Crippen LogP contribution in [-0.4, -0.2) is 30.6 Å².